The summed E-state index contributed by atoms with van der Waals surface area (Å²) in [6.07, 6.45) is 1.17. The molecule has 0 saturated carbocycles. The first-order chi connectivity index (χ1) is 6.84. The highest BCUT2D eigenvalue weighted by molar-refractivity contribution is 8.23. The molecule has 0 aromatic heterocycles. The Kier molecular flexibility index (Phi) is 2.03. The maximum Gasteiger partial charge on any atom is 0.137 e. The van der Waals surface area contributed by atoms with Crippen LogP contribution in [0.1, 0.15) is 11.1 Å². The summed E-state index contributed by atoms with van der Waals surface area (Å²) in [6, 6.07) is 9.37. The molecular weight excluding hydrogens is 210 g/mol. The first-order valence-electron chi connectivity index (χ1n) is 4.85. The Labute approximate surface area is 93.5 Å². The molecule has 0 radical (unpaired) electrons. The van der Waals surface area contributed by atoms with Crippen molar-refractivity contribution in [3.8, 4) is 0 Å². The first-order valence-corrected chi connectivity index (χ1v) is 6.24. The van der Waals surface area contributed by atoms with Gasteiger partial charge in [0, 0.05) is 18.3 Å². The Morgan fingerprint density at radius 2 is 2.07 bits per heavy atom. The van der Waals surface area contributed by atoms with Gasteiger partial charge in [0.1, 0.15) is 4.32 Å². The quantitative estimate of drug-likeness (QED) is 0.620. The molecule has 0 amide bonds. The highest BCUT2D eigenvalue weighted by Gasteiger charge is 2.32. The third-order valence-corrected chi connectivity index (χ3v) is 4.61. The fourth-order valence-corrected chi connectivity index (χ4v) is 3.63. The summed E-state index contributed by atoms with van der Waals surface area (Å²) in [5.74, 6) is 1.17. The van der Waals surface area contributed by atoms with Crippen LogP contribution in [0.2, 0.25) is 0 Å². The molecule has 2 heterocycles. The Bertz CT molecular complexity index is 389. The fraction of sp³-hybridized carbons (Fsp3) is 0.364. The number of thiocarbonyl (C=S) groups is 1. The van der Waals surface area contributed by atoms with Gasteiger partial charge >= 0.3 is 0 Å². The van der Waals surface area contributed by atoms with Crippen molar-refractivity contribution in [2.24, 2.45) is 0 Å². The number of hydrogen-bond donors (Lipinski definition) is 0. The number of rotatable bonds is 0. The van der Waals surface area contributed by atoms with Gasteiger partial charge in [0.05, 0.1) is 0 Å². The minimum absolute atomic E-state index is 0.655. The second-order valence-corrected chi connectivity index (χ2v) is 5.49. The van der Waals surface area contributed by atoms with Crippen LogP contribution in [0, 0.1) is 0 Å². The molecule has 14 heavy (non-hydrogen) atoms. The summed E-state index contributed by atoms with van der Waals surface area (Å²) in [5.41, 5.74) is 2.97. The molecule has 0 aliphatic carbocycles. The molecule has 3 heteroatoms. The minimum Gasteiger partial charge on any atom is -0.349 e. The van der Waals surface area contributed by atoms with E-state index in [-0.39, 0.29) is 0 Å². The van der Waals surface area contributed by atoms with E-state index in [4.69, 9.17) is 12.2 Å². The highest BCUT2D eigenvalue weighted by atomic mass is 32.2. The molecule has 0 spiro atoms. The van der Waals surface area contributed by atoms with Crippen LogP contribution in [0.4, 0.5) is 0 Å². The summed E-state index contributed by atoms with van der Waals surface area (Å²) in [6.45, 7) is 1.02. The summed E-state index contributed by atoms with van der Waals surface area (Å²) in [4.78, 5) is 2.38. The maximum absolute atomic E-state index is 5.33. The predicted molar refractivity (Wildman–Crippen MR) is 64.5 cm³/mol. The minimum atomic E-state index is 0.655. The normalized spacial score (nSPS) is 24.7. The van der Waals surface area contributed by atoms with Crippen molar-refractivity contribution in [2.45, 2.75) is 19.0 Å². The van der Waals surface area contributed by atoms with Gasteiger partial charge in [-0.25, -0.2) is 0 Å². The molecule has 72 valence electrons. The molecule has 0 unspecified atom stereocenters. The first kappa shape index (κ1) is 8.74. The second-order valence-electron chi connectivity index (χ2n) is 3.83. The molecular formula is C11H11NS2. The standard InChI is InChI=1S/C11H11NS2/c13-11-12-6-9-4-2-1-3-8(9)5-10(12)7-14-11/h1-4,10H,5-7H2/t10-/m0/s1. The molecule has 1 saturated heterocycles. The van der Waals surface area contributed by atoms with Gasteiger partial charge in [-0.15, -0.1) is 0 Å². The fourth-order valence-electron chi connectivity index (χ4n) is 2.20. The van der Waals surface area contributed by atoms with E-state index in [1.165, 1.54) is 23.3 Å². The number of thioether (sulfide) groups is 1. The molecule has 3 rings (SSSR count). The third kappa shape index (κ3) is 1.27. The third-order valence-electron chi connectivity index (χ3n) is 2.99. The van der Waals surface area contributed by atoms with Gasteiger partial charge in [0.15, 0.2) is 0 Å². The summed E-state index contributed by atoms with van der Waals surface area (Å²) < 4.78 is 1.09. The lowest BCUT2D eigenvalue weighted by atomic mass is 9.95. The van der Waals surface area contributed by atoms with Gasteiger partial charge < -0.3 is 4.90 Å². The number of hydrogen-bond acceptors (Lipinski definition) is 2. The van der Waals surface area contributed by atoms with Crippen LogP contribution in [0.5, 0.6) is 0 Å². The SMILES string of the molecule is S=C1SC[C@@H]2Cc3ccccc3CN12. The smallest absolute Gasteiger partial charge is 0.137 e. The molecule has 1 fully saturated rings. The van der Waals surface area contributed by atoms with Crippen LogP contribution in [-0.2, 0) is 13.0 Å². The van der Waals surface area contributed by atoms with Gasteiger partial charge in [-0.05, 0) is 17.5 Å². The van der Waals surface area contributed by atoms with E-state index in [1.54, 1.807) is 0 Å². The van der Waals surface area contributed by atoms with E-state index in [0.717, 1.165) is 10.9 Å². The lowest BCUT2D eigenvalue weighted by Crippen LogP contribution is -2.38. The molecule has 1 nitrogen and oxygen atoms in total. The Morgan fingerprint density at radius 3 is 2.93 bits per heavy atom. The molecule has 1 aromatic rings. The predicted octanol–water partition coefficient (Wildman–Crippen LogP) is 2.45. The zero-order valence-corrected chi connectivity index (χ0v) is 9.40. The van der Waals surface area contributed by atoms with Crippen LogP contribution < -0.4 is 0 Å². The van der Waals surface area contributed by atoms with Gasteiger partial charge in [-0.1, -0.05) is 48.2 Å². The van der Waals surface area contributed by atoms with Crippen LogP contribution in [0.15, 0.2) is 24.3 Å². The molecule has 0 bridgehead atoms. The highest BCUT2D eigenvalue weighted by Crippen LogP contribution is 2.33. The Morgan fingerprint density at radius 1 is 1.29 bits per heavy atom. The van der Waals surface area contributed by atoms with Crippen molar-refractivity contribution < 1.29 is 0 Å². The summed E-state index contributed by atoms with van der Waals surface area (Å²) >= 11 is 7.17. The van der Waals surface area contributed by atoms with Crippen molar-refractivity contribution in [2.75, 3.05) is 5.75 Å². The van der Waals surface area contributed by atoms with Crippen LogP contribution in [-0.4, -0.2) is 21.0 Å². The average Bonchev–Trinajstić information content (AvgIpc) is 2.57. The zero-order valence-electron chi connectivity index (χ0n) is 7.77. The van der Waals surface area contributed by atoms with Crippen molar-refractivity contribution >= 4 is 28.3 Å². The average molecular weight is 221 g/mol. The van der Waals surface area contributed by atoms with Crippen molar-refractivity contribution in [3.63, 3.8) is 0 Å². The lowest BCUT2D eigenvalue weighted by molar-refractivity contribution is 0.324. The van der Waals surface area contributed by atoms with Crippen LogP contribution >= 0.6 is 24.0 Å². The van der Waals surface area contributed by atoms with E-state index < -0.39 is 0 Å². The van der Waals surface area contributed by atoms with Crippen molar-refractivity contribution in [1.29, 1.82) is 0 Å². The maximum atomic E-state index is 5.33. The van der Waals surface area contributed by atoms with Crippen LogP contribution in [0.25, 0.3) is 0 Å². The van der Waals surface area contributed by atoms with E-state index >= 15 is 0 Å². The topological polar surface area (TPSA) is 3.24 Å². The molecule has 2 aliphatic heterocycles. The molecule has 2 aliphatic rings. The lowest BCUT2D eigenvalue weighted by Gasteiger charge is -2.31. The van der Waals surface area contributed by atoms with E-state index in [1.807, 2.05) is 11.8 Å². The molecule has 0 N–H and O–H groups in total. The number of fused-ring (bicyclic) bond motifs is 2. The van der Waals surface area contributed by atoms with Gasteiger partial charge in [-0.3, -0.25) is 0 Å². The van der Waals surface area contributed by atoms with Crippen molar-refractivity contribution in [1.82, 2.24) is 4.90 Å². The van der Waals surface area contributed by atoms with Crippen molar-refractivity contribution in [3.05, 3.63) is 35.4 Å². The van der Waals surface area contributed by atoms with E-state index in [2.05, 4.69) is 29.2 Å². The van der Waals surface area contributed by atoms with Gasteiger partial charge in [0.2, 0.25) is 0 Å². The molecule has 1 atom stereocenters. The van der Waals surface area contributed by atoms with Crippen LogP contribution in [0.3, 0.4) is 0 Å². The monoisotopic (exact) mass is 221 g/mol. The summed E-state index contributed by atoms with van der Waals surface area (Å²) in [7, 11) is 0. The number of nitrogens with zero attached hydrogens (tertiary/aromatic N) is 1. The van der Waals surface area contributed by atoms with E-state index in [9.17, 15) is 0 Å². The van der Waals surface area contributed by atoms with Gasteiger partial charge in [-0.2, -0.15) is 0 Å². The Hall–Kier alpha value is -0.540. The zero-order chi connectivity index (χ0) is 9.54. The largest absolute Gasteiger partial charge is 0.349 e. The molecule has 1 aromatic carbocycles. The summed E-state index contributed by atoms with van der Waals surface area (Å²) in [5, 5.41) is 0. The second kappa shape index (κ2) is 3.24. The number of benzene rings is 1. The van der Waals surface area contributed by atoms with E-state index in [0.29, 0.717) is 6.04 Å². The van der Waals surface area contributed by atoms with Gasteiger partial charge in [0.25, 0.3) is 0 Å². The Balaban J connectivity index is 1.99.